The number of aromatic nitrogens is 3. The smallest absolute Gasteiger partial charge is 0.277 e. The van der Waals surface area contributed by atoms with Gasteiger partial charge in [-0.05, 0) is 30.3 Å². The van der Waals surface area contributed by atoms with Gasteiger partial charge in [0.1, 0.15) is 5.75 Å². The van der Waals surface area contributed by atoms with E-state index < -0.39 is 0 Å². The van der Waals surface area contributed by atoms with E-state index >= 15 is 0 Å². The number of ether oxygens (including phenoxy) is 1. The number of carbonyl (C=O) groups is 1. The first-order valence-electron chi connectivity index (χ1n) is 6.80. The van der Waals surface area contributed by atoms with Crippen LogP contribution in [0, 0.1) is 0 Å². The van der Waals surface area contributed by atoms with Gasteiger partial charge in [0, 0.05) is 5.69 Å². The molecule has 1 aromatic heterocycles. The molecule has 0 atom stereocenters. The molecule has 23 heavy (non-hydrogen) atoms. The zero-order chi connectivity index (χ0) is 16.2. The molecule has 0 radical (unpaired) electrons. The van der Waals surface area contributed by atoms with Crippen LogP contribution in [0.1, 0.15) is 10.5 Å². The third-order valence-corrected chi connectivity index (χ3v) is 3.45. The Morgan fingerprint density at radius 1 is 1.22 bits per heavy atom. The van der Waals surface area contributed by atoms with E-state index in [1.165, 1.54) is 11.8 Å². The normalized spacial score (nSPS) is 10.3. The Kier molecular flexibility index (Phi) is 4.25. The number of methoxy groups -OCH3 is 1. The van der Waals surface area contributed by atoms with Gasteiger partial charge in [-0.15, -0.1) is 5.10 Å². The van der Waals surface area contributed by atoms with Crippen LogP contribution in [0.3, 0.4) is 0 Å². The SMILES string of the molecule is COc1ccc(NC(=O)c2cn(-c3ccccc3)nn2)cc1Cl. The van der Waals surface area contributed by atoms with Gasteiger partial charge in [0.15, 0.2) is 5.69 Å². The highest BCUT2D eigenvalue weighted by molar-refractivity contribution is 6.32. The predicted molar refractivity (Wildman–Crippen MR) is 87.3 cm³/mol. The molecule has 1 heterocycles. The van der Waals surface area contributed by atoms with Gasteiger partial charge < -0.3 is 10.1 Å². The average Bonchev–Trinajstić information content (AvgIpc) is 3.06. The lowest BCUT2D eigenvalue weighted by Gasteiger charge is -2.06. The molecule has 2 aromatic carbocycles. The molecule has 0 bridgehead atoms. The minimum absolute atomic E-state index is 0.209. The van der Waals surface area contributed by atoms with Crippen molar-refractivity contribution >= 4 is 23.2 Å². The van der Waals surface area contributed by atoms with Gasteiger partial charge in [-0.2, -0.15) is 0 Å². The molecule has 3 aromatic rings. The molecule has 0 aliphatic carbocycles. The summed E-state index contributed by atoms with van der Waals surface area (Å²) < 4.78 is 6.61. The summed E-state index contributed by atoms with van der Waals surface area (Å²) >= 11 is 6.03. The Morgan fingerprint density at radius 2 is 2.00 bits per heavy atom. The Labute approximate surface area is 137 Å². The number of rotatable bonds is 4. The van der Waals surface area contributed by atoms with E-state index in [1.54, 1.807) is 24.4 Å². The third kappa shape index (κ3) is 3.32. The minimum Gasteiger partial charge on any atom is -0.495 e. The fourth-order valence-corrected chi connectivity index (χ4v) is 2.27. The van der Waals surface area contributed by atoms with E-state index in [-0.39, 0.29) is 11.6 Å². The number of amides is 1. The Balaban J connectivity index is 1.76. The fraction of sp³-hybridized carbons (Fsp3) is 0.0625. The molecule has 7 heteroatoms. The van der Waals surface area contributed by atoms with E-state index in [0.29, 0.717) is 16.5 Å². The number of nitrogens with zero attached hydrogens (tertiary/aromatic N) is 3. The average molecular weight is 329 g/mol. The maximum atomic E-state index is 12.2. The van der Waals surface area contributed by atoms with E-state index in [4.69, 9.17) is 16.3 Å². The van der Waals surface area contributed by atoms with Crippen LogP contribution in [-0.2, 0) is 0 Å². The van der Waals surface area contributed by atoms with Crippen molar-refractivity contribution in [3.8, 4) is 11.4 Å². The van der Waals surface area contributed by atoms with Crippen LogP contribution in [0.5, 0.6) is 5.75 Å². The van der Waals surface area contributed by atoms with Crippen LogP contribution in [0.15, 0.2) is 54.7 Å². The van der Waals surface area contributed by atoms with E-state index in [2.05, 4.69) is 15.6 Å². The van der Waals surface area contributed by atoms with E-state index in [9.17, 15) is 4.79 Å². The first kappa shape index (κ1) is 15.1. The number of para-hydroxylation sites is 1. The summed E-state index contributed by atoms with van der Waals surface area (Å²) in [5.74, 6) is 0.174. The number of hydrogen-bond donors (Lipinski definition) is 1. The van der Waals surface area contributed by atoms with E-state index in [1.807, 2.05) is 30.3 Å². The number of anilines is 1. The van der Waals surface area contributed by atoms with Gasteiger partial charge >= 0.3 is 0 Å². The largest absolute Gasteiger partial charge is 0.495 e. The Hall–Kier alpha value is -2.86. The molecule has 0 fully saturated rings. The second-order valence-electron chi connectivity index (χ2n) is 4.69. The molecule has 0 aliphatic rings. The summed E-state index contributed by atoms with van der Waals surface area (Å²) in [5, 5.41) is 11.0. The minimum atomic E-state index is -0.367. The number of benzene rings is 2. The molecular formula is C16H13ClN4O2. The zero-order valence-electron chi connectivity index (χ0n) is 12.2. The lowest BCUT2D eigenvalue weighted by molar-refractivity contribution is 0.102. The van der Waals surface area contributed by atoms with E-state index in [0.717, 1.165) is 5.69 Å². The fourth-order valence-electron chi connectivity index (χ4n) is 2.01. The summed E-state index contributed by atoms with van der Waals surface area (Å²) in [6.07, 6.45) is 1.57. The summed E-state index contributed by atoms with van der Waals surface area (Å²) in [6.45, 7) is 0. The highest BCUT2D eigenvalue weighted by atomic mass is 35.5. The van der Waals surface area contributed by atoms with Crippen molar-refractivity contribution in [3.05, 3.63) is 65.4 Å². The molecular weight excluding hydrogens is 316 g/mol. The molecule has 0 aliphatic heterocycles. The Morgan fingerprint density at radius 3 is 2.70 bits per heavy atom. The highest BCUT2D eigenvalue weighted by Crippen LogP contribution is 2.27. The second-order valence-corrected chi connectivity index (χ2v) is 5.09. The van der Waals surface area contributed by atoms with Crippen LogP contribution in [0.4, 0.5) is 5.69 Å². The summed E-state index contributed by atoms with van der Waals surface area (Å²) in [4.78, 5) is 12.2. The van der Waals surface area contributed by atoms with Gasteiger partial charge in [0.2, 0.25) is 0 Å². The first-order valence-corrected chi connectivity index (χ1v) is 7.18. The molecule has 3 rings (SSSR count). The van der Waals surface area contributed by atoms with Crippen LogP contribution >= 0.6 is 11.6 Å². The molecule has 0 unspecified atom stereocenters. The maximum Gasteiger partial charge on any atom is 0.277 e. The second kappa shape index (κ2) is 6.50. The molecule has 1 amide bonds. The third-order valence-electron chi connectivity index (χ3n) is 3.16. The molecule has 0 saturated heterocycles. The Bertz CT molecular complexity index is 833. The van der Waals surface area contributed by atoms with Crippen molar-refractivity contribution in [1.82, 2.24) is 15.0 Å². The molecule has 6 nitrogen and oxygen atoms in total. The maximum absolute atomic E-state index is 12.2. The van der Waals surface area contributed by atoms with Gasteiger partial charge in [0.25, 0.3) is 5.91 Å². The monoisotopic (exact) mass is 328 g/mol. The zero-order valence-corrected chi connectivity index (χ0v) is 13.0. The van der Waals surface area contributed by atoms with Gasteiger partial charge in [-0.25, -0.2) is 4.68 Å². The summed E-state index contributed by atoms with van der Waals surface area (Å²) in [6, 6.07) is 14.4. The number of hydrogen-bond acceptors (Lipinski definition) is 4. The molecule has 116 valence electrons. The van der Waals surface area contributed by atoms with Crippen molar-refractivity contribution in [2.24, 2.45) is 0 Å². The van der Waals surface area contributed by atoms with Crippen molar-refractivity contribution in [3.63, 3.8) is 0 Å². The van der Waals surface area contributed by atoms with Crippen LogP contribution in [-0.4, -0.2) is 28.0 Å². The predicted octanol–water partition coefficient (Wildman–Crippen LogP) is 3.18. The topological polar surface area (TPSA) is 69.0 Å². The van der Waals surface area contributed by atoms with Crippen LogP contribution < -0.4 is 10.1 Å². The van der Waals surface area contributed by atoms with Gasteiger partial charge in [-0.3, -0.25) is 4.79 Å². The molecule has 0 spiro atoms. The van der Waals surface area contributed by atoms with Crippen molar-refractivity contribution in [2.45, 2.75) is 0 Å². The number of nitrogens with one attached hydrogen (secondary N) is 1. The summed E-state index contributed by atoms with van der Waals surface area (Å²) in [7, 11) is 1.53. The molecule has 0 saturated carbocycles. The lowest BCUT2D eigenvalue weighted by atomic mass is 10.3. The highest BCUT2D eigenvalue weighted by Gasteiger charge is 2.12. The quantitative estimate of drug-likeness (QED) is 0.798. The van der Waals surface area contributed by atoms with Crippen molar-refractivity contribution in [2.75, 3.05) is 12.4 Å². The number of halogens is 1. The number of carbonyl (C=O) groups excluding carboxylic acids is 1. The standard InChI is InChI=1S/C16H13ClN4O2/c1-23-15-8-7-11(9-13(15)17)18-16(22)14-10-21(20-19-14)12-5-3-2-4-6-12/h2-10H,1H3,(H,18,22). The molecule has 1 N–H and O–H groups in total. The van der Waals surface area contributed by atoms with Gasteiger partial charge in [0.05, 0.1) is 24.0 Å². The lowest BCUT2D eigenvalue weighted by Crippen LogP contribution is -2.12. The van der Waals surface area contributed by atoms with Crippen molar-refractivity contribution < 1.29 is 9.53 Å². The van der Waals surface area contributed by atoms with Crippen molar-refractivity contribution in [1.29, 1.82) is 0 Å². The van der Waals surface area contributed by atoms with Crippen LogP contribution in [0.25, 0.3) is 5.69 Å². The summed E-state index contributed by atoms with van der Waals surface area (Å²) in [5.41, 5.74) is 1.59. The first-order chi connectivity index (χ1) is 11.2. The van der Waals surface area contributed by atoms with Crippen LogP contribution in [0.2, 0.25) is 5.02 Å². The van der Waals surface area contributed by atoms with Gasteiger partial charge in [-0.1, -0.05) is 35.0 Å².